The lowest BCUT2D eigenvalue weighted by Crippen LogP contribution is -2.01. The number of carboxylic acid groups (broad SMARTS) is 1. The molecule has 98 valence electrons. The molecule has 20 heavy (non-hydrogen) atoms. The second-order valence-corrected chi connectivity index (χ2v) is 4.95. The first-order valence-corrected chi connectivity index (χ1v) is 6.43. The fourth-order valence-corrected chi connectivity index (χ4v) is 2.64. The lowest BCUT2D eigenvalue weighted by atomic mass is 9.97. The zero-order valence-electron chi connectivity index (χ0n) is 11.2. The fourth-order valence-electron chi connectivity index (χ4n) is 2.64. The van der Waals surface area contributed by atoms with Crippen molar-refractivity contribution in [3.63, 3.8) is 0 Å². The third-order valence-electron chi connectivity index (χ3n) is 3.63. The van der Waals surface area contributed by atoms with Crippen molar-refractivity contribution in [2.75, 3.05) is 0 Å². The molecule has 0 bridgehead atoms. The summed E-state index contributed by atoms with van der Waals surface area (Å²) in [4.78, 5) is 11.6. The summed E-state index contributed by atoms with van der Waals surface area (Å²) < 4.78 is 0. The monoisotopic (exact) mass is 262 g/mol. The lowest BCUT2D eigenvalue weighted by molar-refractivity contribution is -0.132. The van der Waals surface area contributed by atoms with Gasteiger partial charge in [0.15, 0.2) is 0 Å². The predicted molar refractivity (Wildman–Crippen MR) is 80.3 cm³/mol. The molecule has 0 aromatic heterocycles. The first kappa shape index (κ1) is 12.4. The van der Waals surface area contributed by atoms with Crippen molar-refractivity contribution in [3.8, 4) is 0 Å². The molecule has 0 saturated heterocycles. The van der Waals surface area contributed by atoms with E-state index in [0.717, 1.165) is 27.8 Å². The maximum Gasteiger partial charge on any atom is 0.336 e. The minimum absolute atomic E-state index is 0.301. The molecule has 2 heteroatoms. The number of aliphatic carboxylic acids is 1. The Morgan fingerprint density at radius 3 is 2.20 bits per heavy atom. The zero-order chi connectivity index (χ0) is 14.3. The lowest BCUT2D eigenvalue weighted by Gasteiger charge is -2.07. The number of fused-ring (bicyclic) bond motifs is 1. The second kappa shape index (κ2) is 4.49. The number of hydrogen-bond acceptors (Lipinski definition) is 1. The van der Waals surface area contributed by atoms with Crippen LogP contribution in [-0.2, 0) is 4.79 Å². The Labute approximate surface area is 117 Å². The summed E-state index contributed by atoms with van der Waals surface area (Å²) in [6.07, 6.45) is 0. The fraction of sp³-hybridized carbons (Fsp3) is 0.0556. The summed E-state index contributed by atoms with van der Waals surface area (Å²) in [5, 5.41) is 9.52. The highest BCUT2D eigenvalue weighted by Crippen LogP contribution is 2.43. The molecule has 0 heterocycles. The normalized spacial score (nSPS) is 13.6. The molecule has 0 aliphatic heterocycles. The predicted octanol–water partition coefficient (Wildman–Crippen LogP) is 3.91. The molecule has 3 rings (SSSR count). The van der Waals surface area contributed by atoms with Crippen molar-refractivity contribution in [1.82, 2.24) is 0 Å². The van der Waals surface area contributed by atoms with Crippen LogP contribution in [0.25, 0.3) is 11.1 Å². The molecule has 0 saturated carbocycles. The molecule has 0 unspecified atom stereocenters. The maximum atomic E-state index is 11.6. The number of rotatable bonds is 2. The average Bonchev–Trinajstić information content (AvgIpc) is 2.74. The van der Waals surface area contributed by atoms with Crippen molar-refractivity contribution < 1.29 is 9.90 Å². The van der Waals surface area contributed by atoms with Gasteiger partial charge in [-0.25, -0.2) is 4.79 Å². The summed E-state index contributed by atoms with van der Waals surface area (Å²) in [6, 6.07) is 15.6. The minimum Gasteiger partial charge on any atom is -0.478 e. The standard InChI is InChI=1S/C18H14O2/c1-11-7-9-13(10-8-11)17-15-6-4-3-5-14(15)12(2)16(17)18(19)20/h3-10H,2H2,1H3,(H,19,20). The van der Waals surface area contributed by atoms with Crippen LogP contribution in [-0.4, -0.2) is 11.1 Å². The van der Waals surface area contributed by atoms with Gasteiger partial charge < -0.3 is 5.11 Å². The van der Waals surface area contributed by atoms with Gasteiger partial charge in [-0.3, -0.25) is 0 Å². The Morgan fingerprint density at radius 2 is 1.60 bits per heavy atom. The van der Waals surface area contributed by atoms with Crippen LogP contribution in [0.15, 0.2) is 60.7 Å². The Kier molecular flexibility index (Phi) is 2.79. The third-order valence-corrected chi connectivity index (χ3v) is 3.63. The second-order valence-electron chi connectivity index (χ2n) is 4.95. The largest absolute Gasteiger partial charge is 0.478 e. The van der Waals surface area contributed by atoms with Crippen LogP contribution >= 0.6 is 0 Å². The van der Waals surface area contributed by atoms with E-state index in [9.17, 15) is 9.90 Å². The highest BCUT2D eigenvalue weighted by Gasteiger charge is 2.29. The van der Waals surface area contributed by atoms with Gasteiger partial charge in [-0.05, 0) is 29.2 Å². The van der Waals surface area contributed by atoms with E-state index in [4.69, 9.17) is 0 Å². The van der Waals surface area contributed by atoms with Gasteiger partial charge in [0.05, 0.1) is 5.57 Å². The molecular weight excluding hydrogens is 248 g/mol. The molecule has 1 aliphatic rings. The Morgan fingerprint density at radius 1 is 1.00 bits per heavy atom. The highest BCUT2D eigenvalue weighted by molar-refractivity contribution is 6.19. The molecular formula is C18H14O2. The van der Waals surface area contributed by atoms with Gasteiger partial charge in [-0.1, -0.05) is 60.7 Å². The quantitative estimate of drug-likeness (QED) is 0.891. The molecule has 0 fully saturated rings. The Bertz CT molecular complexity index is 749. The Balaban J connectivity index is 2.30. The molecule has 0 spiro atoms. The molecule has 1 aliphatic carbocycles. The molecule has 0 radical (unpaired) electrons. The van der Waals surface area contributed by atoms with Crippen molar-refractivity contribution in [2.45, 2.75) is 6.92 Å². The summed E-state index contributed by atoms with van der Waals surface area (Å²) in [6.45, 7) is 5.96. The van der Waals surface area contributed by atoms with Crippen molar-refractivity contribution >= 4 is 17.1 Å². The first-order valence-electron chi connectivity index (χ1n) is 6.43. The molecule has 1 N–H and O–H groups in total. The number of carboxylic acids is 1. The minimum atomic E-state index is -0.929. The van der Waals surface area contributed by atoms with Gasteiger partial charge in [-0.2, -0.15) is 0 Å². The summed E-state index contributed by atoms with van der Waals surface area (Å²) in [5.41, 5.74) is 5.56. The maximum absolute atomic E-state index is 11.6. The molecule has 2 aromatic carbocycles. The number of benzene rings is 2. The van der Waals surface area contributed by atoms with Gasteiger partial charge in [0.25, 0.3) is 0 Å². The van der Waals surface area contributed by atoms with Gasteiger partial charge >= 0.3 is 5.97 Å². The van der Waals surface area contributed by atoms with Crippen molar-refractivity contribution in [3.05, 3.63) is 82.9 Å². The highest BCUT2D eigenvalue weighted by atomic mass is 16.4. The van der Waals surface area contributed by atoms with E-state index < -0.39 is 5.97 Å². The molecule has 0 amide bonds. The van der Waals surface area contributed by atoms with E-state index in [-0.39, 0.29) is 0 Å². The van der Waals surface area contributed by atoms with E-state index in [1.165, 1.54) is 0 Å². The zero-order valence-corrected chi connectivity index (χ0v) is 11.2. The van der Waals surface area contributed by atoms with Gasteiger partial charge in [0.1, 0.15) is 0 Å². The number of hydrogen-bond donors (Lipinski definition) is 1. The van der Waals surface area contributed by atoms with Crippen LogP contribution < -0.4 is 0 Å². The van der Waals surface area contributed by atoms with Crippen LogP contribution in [0.1, 0.15) is 22.3 Å². The van der Waals surface area contributed by atoms with Crippen LogP contribution in [0.3, 0.4) is 0 Å². The van der Waals surface area contributed by atoms with Gasteiger partial charge in [0, 0.05) is 5.57 Å². The smallest absolute Gasteiger partial charge is 0.336 e. The SMILES string of the molecule is C=C1C(C(=O)O)=C(c2ccc(C)cc2)c2ccccc21. The number of carbonyl (C=O) groups is 1. The van der Waals surface area contributed by atoms with E-state index in [1.807, 2.05) is 55.5 Å². The van der Waals surface area contributed by atoms with Crippen LogP contribution in [0.4, 0.5) is 0 Å². The molecule has 2 nitrogen and oxygen atoms in total. The van der Waals surface area contributed by atoms with Gasteiger partial charge in [0.2, 0.25) is 0 Å². The van der Waals surface area contributed by atoms with E-state index >= 15 is 0 Å². The first-order chi connectivity index (χ1) is 9.59. The topological polar surface area (TPSA) is 37.3 Å². The van der Waals surface area contributed by atoms with E-state index in [0.29, 0.717) is 11.1 Å². The number of aryl methyl sites for hydroxylation is 1. The van der Waals surface area contributed by atoms with Crippen LogP contribution in [0.2, 0.25) is 0 Å². The average molecular weight is 262 g/mol. The van der Waals surface area contributed by atoms with Gasteiger partial charge in [-0.15, -0.1) is 0 Å². The van der Waals surface area contributed by atoms with E-state index in [2.05, 4.69) is 6.58 Å². The van der Waals surface area contributed by atoms with Crippen molar-refractivity contribution in [2.24, 2.45) is 0 Å². The summed E-state index contributed by atoms with van der Waals surface area (Å²) in [7, 11) is 0. The van der Waals surface area contributed by atoms with Crippen molar-refractivity contribution in [1.29, 1.82) is 0 Å². The third kappa shape index (κ3) is 1.77. The van der Waals surface area contributed by atoms with Crippen LogP contribution in [0.5, 0.6) is 0 Å². The summed E-state index contributed by atoms with van der Waals surface area (Å²) in [5.74, 6) is -0.929. The summed E-state index contributed by atoms with van der Waals surface area (Å²) >= 11 is 0. The molecule has 0 atom stereocenters. The molecule has 2 aromatic rings. The van der Waals surface area contributed by atoms with E-state index in [1.54, 1.807) is 0 Å². The van der Waals surface area contributed by atoms with Crippen LogP contribution in [0, 0.1) is 6.92 Å². The Hall–Kier alpha value is -2.61.